The standard InChI is InChI=1S/C27H38N2O4.ClH.H2O/c1-20(2)27(19-28,22-10-12-24(31-5)26(18-22)33-7)14-8-15-29(3)16-13-21-9-11-23(30-4)25(17-21)32-6;;/h9-12,17-18,20H,8,13-16H2,1-7H3;1H;1H2/t27-;;/m0../s1. The molecule has 8 heteroatoms. The molecule has 0 saturated heterocycles. The van der Waals surface area contributed by atoms with Crippen molar-refractivity contribution in [2.24, 2.45) is 5.92 Å². The molecule has 0 heterocycles. The zero-order chi connectivity index (χ0) is 24.4. The summed E-state index contributed by atoms with van der Waals surface area (Å²) in [6.45, 7) is 6.06. The third-order valence-corrected chi connectivity index (χ3v) is 6.42. The molecule has 0 saturated carbocycles. The van der Waals surface area contributed by atoms with E-state index in [-0.39, 0.29) is 23.8 Å². The number of nitrogens with zero attached hydrogens (tertiary/aromatic N) is 2. The van der Waals surface area contributed by atoms with Gasteiger partial charge in [-0.15, -0.1) is 12.4 Å². The predicted octanol–water partition coefficient (Wildman–Crippen LogP) is 4.69. The number of rotatable bonds is 13. The summed E-state index contributed by atoms with van der Waals surface area (Å²) in [5.41, 5.74) is 1.60. The van der Waals surface area contributed by atoms with E-state index in [0.29, 0.717) is 11.5 Å². The maximum atomic E-state index is 10.2. The molecular formula is C27H41ClN2O5. The normalized spacial score (nSPS) is 12.1. The summed E-state index contributed by atoms with van der Waals surface area (Å²) >= 11 is 0. The number of ether oxygens (including phenoxy) is 4. The van der Waals surface area contributed by atoms with Crippen molar-refractivity contribution in [3.8, 4) is 29.1 Å². The van der Waals surface area contributed by atoms with Crippen LogP contribution in [0.3, 0.4) is 0 Å². The molecule has 7 nitrogen and oxygen atoms in total. The van der Waals surface area contributed by atoms with Crippen molar-refractivity contribution < 1.29 is 24.4 Å². The number of hydrogen-bond donors (Lipinski definition) is 0. The molecule has 0 aliphatic rings. The van der Waals surface area contributed by atoms with Crippen molar-refractivity contribution in [1.82, 2.24) is 4.90 Å². The van der Waals surface area contributed by atoms with Crippen LogP contribution in [-0.4, -0.2) is 59.0 Å². The lowest BCUT2D eigenvalue weighted by Gasteiger charge is -2.32. The molecule has 1 atom stereocenters. The first-order chi connectivity index (χ1) is 15.8. The first kappa shape index (κ1) is 32.3. The number of hydrogen-bond acceptors (Lipinski definition) is 6. The smallest absolute Gasteiger partial charge is 0.161 e. The Balaban J connectivity index is 0.00000578. The molecule has 0 bridgehead atoms. The summed E-state index contributed by atoms with van der Waals surface area (Å²) in [6, 6.07) is 14.5. The molecule has 2 aromatic carbocycles. The summed E-state index contributed by atoms with van der Waals surface area (Å²) in [5, 5.41) is 10.2. The minimum absolute atomic E-state index is 0. The largest absolute Gasteiger partial charge is 0.493 e. The highest BCUT2D eigenvalue weighted by molar-refractivity contribution is 5.85. The Hall–Kier alpha value is -2.66. The van der Waals surface area contributed by atoms with Crippen molar-refractivity contribution in [2.75, 3.05) is 48.6 Å². The maximum Gasteiger partial charge on any atom is 0.161 e. The fourth-order valence-corrected chi connectivity index (χ4v) is 4.23. The predicted molar refractivity (Wildman–Crippen MR) is 143 cm³/mol. The fourth-order valence-electron chi connectivity index (χ4n) is 4.23. The van der Waals surface area contributed by atoms with Crippen LogP contribution in [0.5, 0.6) is 23.0 Å². The van der Waals surface area contributed by atoms with Gasteiger partial charge in [0.25, 0.3) is 0 Å². The van der Waals surface area contributed by atoms with Crippen LogP contribution in [0.2, 0.25) is 0 Å². The number of benzene rings is 2. The minimum atomic E-state index is -0.580. The van der Waals surface area contributed by atoms with Gasteiger partial charge in [0.1, 0.15) is 0 Å². The van der Waals surface area contributed by atoms with Crippen molar-refractivity contribution in [1.29, 1.82) is 5.26 Å². The van der Waals surface area contributed by atoms with E-state index in [1.54, 1.807) is 28.4 Å². The van der Waals surface area contributed by atoms with Crippen LogP contribution in [0.4, 0.5) is 0 Å². The van der Waals surface area contributed by atoms with E-state index in [1.807, 2.05) is 30.3 Å². The molecule has 0 radical (unpaired) electrons. The first-order valence-corrected chi connectivity index (χ1v) is 11.4. The lowest BCUT2D eigenvalue weighted by atomic mass is 9.69. The van der Waals surface area contributed by atoms with E-state index in [2.05, 4.69) is 37.9 Å². The summed E-state index contributed by atoms with van der Waals surface area (Å²) in [6.07, 6.45) is 2.61. The highest BCUT2D eigenvalue weighted by Gasteiger charge is 2.36. The molecule has 0 aliphatic carbocycles. The van der Waals surface area contributed by atoms with Crippen LogP contribution in [0, 0.1) is 17.2 Å². The summed E-state index contributed by atoms with van der Waals surface area (Å²) < 4.78 is 21.6. The van der Waals surface area contributed by atoms with E-state index >= 15 is 0 Å². The number of halogens is 1. The van der Waals surface area contributed by atoms with Gasteiger partial charge in [0, 0.05) is 6.54 Å². The Morgan fingerprint density at radius 1 is 0.857 bits per heavy atom. The van der Waals surface area contributed by atoms with Crippen molar-refractivity contribution in [2.45, 2.75) is 38.5 Å². The Kier molecular flexibility index (Phi) is 14.2. The third kappa shape index (κ3) is 7.93. The van der Waals surface area contributed by atoms with E-state index < -0.39 is 5.41 Å². The SMILES string of the molecule is COc1ccc(CCN(C)CCC[C@@](C#N)(c2ccc(OC)c(OC)c2)C(C)C)cc1OC.Cl.O. The van der Waals surface area contributed by atoms with Gasteiger partial charge in [-0.2, -0.15) is 5.26 Å². The third-order valence-electron chi connectivity index (χ3n) is 6.42. The topological polar surface area (TPSA) is 95.5 Å². The molecule has 35 heavy (non-hydrogen) atoms. The molecule has 2 aromatic rings. The maximum absolute atomic E-state index is 10.2. The zero-order valence-corrected chi connectivity index (χ0v) is 22.8. The van der Waals surface area contributed by atoms with Gasteiger partial charge in [0.05, 0.1) is 39.9 Å². The van der Waals surface area contributed by atoms with E-state index in [1.165, 1.54) is 5.56 Å². The molecule has 0 aliphatic heterocycles. The Morgan fingerprint density at radius 3 is 1.91 bits per heavy atom. The molecule has 0 amide bonds. The second-order valence-corrected chi connectivity index (χ2v) is 8.65. The number of methoxy groups -OCH3 is 4. The Labute approximate surface area is 216 Å². The highest BCUT2D eigenvalue weighted by Crippen LogP contribution is 2.40. The Morgan fingerprint density at radius 2 is 1.40 bits per heavy atom. The molecule has 0 fully saturated rings. The van der Waals surface area contributed by atoms with Gasteiger partial charge in [-0.3, -0.25) is 0 Å². The van der Waals surface area contributed by atoms with Gasteiger partial charge < -0.3 is 29.3 Å². The van der Waals surface area contributed by atoms with Gasteiger partial charge in [-0.1, -0.05) is 26.0 Å². The van der Waals surface area contributed by atoms with Gasteiger partial charge in [0.15, 0.2) is 23.0 Å². The van der Waals surface area contributed by atoms with Crippen LogP contribution in [-0.2, 0) is 11.8 Å². The van der Waals surface area contributed by atoms with Crippen LogP contribution < -0.4 is 18.9 Å². The molecule has 0 spiro atoms. The fraction of sp³-hybridized carbons (Fsp3) is 0.519. The second-order valence-electron chi connectivity index (χ2n) is 8.65. The molecule has 0 unspecified atom stereocenters. The van der Waals surface area contributed by atoms with Crippen LogP contribution in [0.25, 0.3) is 0 Å². The molecule has 196 valence electrons. The summed E-state index contributed by atoms with van der Waals surface area (Å²) in [5.74, 6) is 2.99. The lowest BCUT2D eigenvalue weighted by Crippen LogP contribution is -2.32. The van der Waals surface area contributed by atoms with E-state index in [9.17, 15) is 5.26 Å². The van der Waals surface area contributed by atoms with Crippen molar-refractivity contribution >= 4 is 12.4 Å². The highest BCUT2D eigenvalue weighted by atomic mass is 35.5. The second kappa shape index (κ2) is 15.4. The average molecular weight is 509 g/mol. The minimum Gasteiger partial charge on any atom is -0.493 e. The lowest BCUT2D eigenvalue weighted by molar-refractivity contribution is 0.292. The van der Waals surface area contributed by atoms with Crippen LogP contribution in [0.1, 0.15) is 37.8 Å². The van der Waals surface area contributed by atoms with Crippen LogP contribution in [0.15, 0.2) is 36.4 Å². The quantitative estimate of drug-likeness (QED) is 0.389. The van der Waals surface area contributed by atoms with Gasteiger partial charge in [-0.25, -0.2) is 0 Å². The molecular weight excluding hydrogens is 468 g/mol. The zero-order valence-electron chi connectivity index (χ0n) is 22.0. The van der Waals surface area contributed by atoms with Gasteiger partial charge in [-0.05, 0) is 74.2 Å². The van der Waals surface area contributed by atoms with Crippen molar-refractivity contribution in [3.05, 3.63) is 47.5 Å². The monoisotopic (exact) mass is 508 g/mol. The van der Waals surface area contributed by atoms with E-state index in [4.69, 9.17) is 18.9 Å². The van der Waals surface area contributed by atoms with E-state index in [0.717, 1.165) is 49.4 Å². The first-order valence-electron chi connectivity index (χ1n) is 11.4. The van der Waals surface area contributed by atoms with Crippen LogP contribution >= 0.6 is 12.4 Å². The van der Waals surface area contributed by atoms with Gasteiger partial charge in [0.2, 0.25) is 0 Å². The van der Waals surface area contributed by atoms with Crippen molar-refractivity contribution in [3.63, 3.8) is 0 Å². The number of nitriles is 1. The average Bonchev–Trinajstić information content (AvgIpc) is 2.84. The molecule has 2 rings (SSSR count). The Bertz CT molecular complexity index is 948. The van der Waals surface area contributed by atoms with Gasteiger partial charge >= 0.3 is 0 Å². The molecule has 0 aromatic heterocycles. The number of likely N-dealkylation sites (N-methyl/N-ethyl adjacent to an activating group) is 1. The summed E-state index contributed by atoms with van der Waals surface area (Å²) in [4.78, 5) is 2.31. The molecule has 2 N–H and O–H groups in total. The summed E-state index contributed by atoms with van der Waals surface area (Å²) in [7, 11) is 8.67.